The number of phenols is 1. The standard InChI is InChI=1S/C23H34N8O9/c24-13(9-17(25)33)19(36)30-15(8-11-3-5-12(32)6-4-11)21(38)29-14(2-1-7-28-23(26)27)20(37)31-16(22(39)40)10-18(34)35/h3-6,13-16,32H,1-2,7-10,24H2,(H2,25,33)(H,29,38)(H,30,36)(H,31,37)(H,34,35)(H,39,40)(H4,26,27,28). The number of carboxylic acids is 2. The second kappa shape index (κ2) is 16.1. The molecule has 1 aromatic rings. The quantitative estimate of drug-likeness (QED) is 0.0493. The first kappa shape index (κ1) is 33.1. The first-order valence-electron chi connectivity index (χ1n) is 11.9. The molecule has 4 atom stereocenters. The van der Waals surface area contributed by atoms with Gasteiger partial charge in [0.25, 0.3) is 0 Å². The number of amides is 4. The molecule has 0 saturated carbocycles. The second-order valence-electron chi connectivity index (χ2n) is 8.72. The van der Waals surface area contributed by atoms with Crippen molar-refractivity contribution >= 4 is 41.5 Å². The minimum atomic E-state index is -1.79. The molecule has 220 valence electrons. The Morgan fingerprint density at radius 2 is 1.35 bits per heavy atom. The Morgan fingerprint density at radius 1 is 0.800 bits per heavy atom. The third-order valence-corrected chi connectivity index (χ3v) is 5.34. The van der Waals surface area contributed by atoms with E-state index in [0.29, 0.717) is 5.56 Å². The van der Waals surface area contributed by atoms with E-state index in [2.05, 4.69) is 20.9 Å². The topological polar surface area (TPSA) is 316 Å². The molecule has 40 heavy (non-hydrogen) atoms. The van der Waals surface area contributed by atoms with Gasteiger partial charge in [-0.2, -0.15) is 0 Å². The molecule has 0 heterocycles. The number of nitrogens with one attached hydrogen (secondary N) is 3. The van der Waals surface area contributed by atoms with E-state index in [0.717, 1.165) is 0 Å². The first-order chi connectivity index (χ1) is 18.7. The number of hydrogen-bond acceptors (Lipinski definition) is 9. The van der Waals surface area contributed by atoms with E-state index in [1.165, 1.54) is 24.3 Å². The molecular formula is C23H34N8O9. The summed E-state index contributed by atoms with van der Waals surface area (Å²) in [5.41, 5.74) is 21.8. The molecule has 0 saturated heterocycles. The van der Waals surface area contributed by atoms with Gasteiger partial charge >= 0.3 is 11.9 Å². The molecule has 0 aromatic heterocycles. The summed E-state index contributed by atoms with van der Waals surface area (Å²) < 4.78 is 0. The van der Waals surface area contributed by atoms with Crippen molar-refractivity contribution in [2.75, 3.05) is 6.54 Å². The number of aromatic hydroxyl groups is 1. The van der Waals surface area contributed by atoms with Gasteiger partial charge in [-0.15, -0.1) is 0 Å². The van der Waals surface area contributed by atoms with Gasteiger partial charge in [-0.25, -0.2) is 4.79 Å². The normalized spacial score (nSPS) is 13.5. The maximum Gasteiger partial charge on any atom is 0.326 e. The van der Waals surface area contributed by atoms with E-state index in [-0.39, 0.29) is 37.5 Å². The van der Waals surface area contributed by atoms with Gasteiger partial charge in [0.15, 0.2) is 5.96 Å². The van der Waals surface area contributed by atoms with Gasteiger partial charge in [-0.3, -0.25) is 29.0 Å². The summed E-state index contributed by atoms with van der Waals surface area (Å²) in [7, 11) is 0. The highest BCUT2D eigenvalue weighted by Gasteiger charge is 2.31. The van der Waals surface area contributed by atoms with Crippen LogP contribution in [0.2, 0.25) is 0 Å². The molecule has 0 bridgehead atoms. The Kier molecular flexibility index (Phi) is 13.3. The van der Waals surface area contributed by atoms with Crippen molar-refractivity contribution in [3.8, 4) is 5.75 Å². The van der Waals surface area contributed by atoms with Crippen LogP contribution < -0.4 is 38.9 Å². The summed E-state index contributed by atoms with van der Waals surface area (Å²) in [6.45, 7) is 0.0507. The highest BCUT2D eigenvalue weighted by atomic mass is 16.4. The molecule has 0 aliphatic rings. The lowest BCUT2D eigenvalue weighted by Crippen LogP contribution is -2.58. The van der Waals surface area contributed by atoms with Crippen molar-refractivity contribution < 1.29 is 44.1 Å². The molecule has 14 N–H and O–H groups in total. The fraction of sp³-hybridized carbons (Fsp3) is 0.435. The average Bonchev–Trinajstić information content (AvgIpc) is 2.85. The van der Waals surface area contributed by atoms with Gasteiger partial charge in [0.2, 0.25) is 23.6 Å². The monoisotopic (exact) mass is 566 g/mol. The first-order valence-corrected chi connectivity index (χ1v) is 11.9. The lowest BCUT2D eigenvalue weighted by Gasteiger charge is -2.25. The van der Waals surface area contributed by atoms with Crippen LogP contribution in [0.25, 0.3) is 0 Å². The number of aliphatic imine (C=N–C) groups is 1. The van der Waals surface area contributed by atoms with E-state index >= 15 is 0 Å². The van der Waals surface area contributed by atoms with E-state index < -0.39 is 72.6 Å². The molecule has 17 nitrogen and oxygen atoms in total. The van der Waals surface area contributed by atoms with E-state index in [1.807, 2.05) is 0 Å². The summed E-state index contributed by atoms with van der Waals surface area (Å²) in [6, 6.07) is -0.255. The predicted octanol–water partition coefficient (Wildman–Crippen LogP) is -3.80. The van der Waals surface area contributed by atoms with Gasteiger partial charge in [-0.05, 0) is 30.5 Å². The summed E-state index contributed by atoms with van der Waals surface area (Å²) in [6.07, 6.45) is -1.52. The van der Waals surface area contributed by atoms with Crippen LogP contribution in [-0.2, 0) is 35.2 Å². The largest absolute Gasteiger partial charge is 0.508 e. The van der Waals surface area contributed by atoms with Crippen molar-refractivity contribution in [1.82, 2.24) is 16.0 Å². The number of nitrogens with zero attached hydrogens (tertiary/aromatic N) is 1. The number of rotatable bonds is 17. The Bertz CT molecular complexity index is 1110. The maximum atomic E-state index is 13.3. The van der Waals surface area contributed by atoms with Crippen LogP contribution >= 0.6 is 0 Å². The van der Waals surface area contributed by atoms with Crippen molar-refractivity contribution in [1.29, 1.82) is 0 Å². The number of phenolic OH excluding ortho intramolecular Hbond substituents is 1. The Hall–Kier alpha value is -4.93. The smallest absolute Gasteiger partial charge is 0.326 e. The van der Waals surface area contributed by atoms with Crippen molar-refractivity contribution in [2.24, 2.45) is 27.9 Å². The lowest BCUT2D eigenvalue weighted by atomic mass is 10.0. The number of carboxylic acid groups (broad SMARTS) is 2. The number of aliphatic carboxylic acids is 2. The molecule has 0 fully saturated rings. The summed E-state index contributed by atoms with van der Waals surface area (Å²) in [5, 5.41) is 34.6. The minimum Gasteiger partial charge on any atom is -0.508 e. The summed E-state index contributed by atoms with van der Waals surface area (Å²) in [5.74, 6) is -7.00. The molecule has 17 heteroatoms. The number of nitrogens with two attached hydrogens (primary N) is 4. The van der Waals surface area contributed by atoms with Crippen molar-refractivity contribution in [3.63, 3.8) is 0 Å². The number of hydrogen-bond donors (Lipinski definition) is 10. The molecule has 0 spiro atoms. The molecule has 1 rings (SSSR count). The van der Waals surface area contributed by atoms with Gasteiger partial charge in [-0.1, -0.05) is 12.1 Å². The minimum absolute atomic E-state index is 0.0507. The fourth-order valence-electron chi connectivity index (χ4n) is 3.36. The van der Waals surface area contributed by atoms with E-state index in [1.54, 1.807) is 0 Å². The highest BCUT2D eigenvalue weighted by molar-refractivity contribution is 5.95. The Labute approximate surface area is 228 Å². The van der Waals surface area contributed by atoms with Crippen LogP contribution in [-0.4, -0.2) is 87.6 Å². The van der Waals surface area contributed by atoms with Crippen LogP contribution in [0.4, 0.5) is 0 Å². The number of guanidine groups is 1. The van der Waals surface area contributed by atoms with Gasteiger partial charge in [0.1, 0.15) is 23.9 Å². The van der Waals surface area contributed by atoms with Crippen LogP contribution in [0.3, 0.4) is 0 Å². The van der Waals surface area contributed by atoms with Gasteiger partial charge < -0.3 is 54.2 Å². The highest BCUT2D eigenvalue weighted by Crippen LogP contribution is 2.12. The summed E-state index contributed by atoms with van der Waals surface area (Å²) >= 11 is 0. The Morgan fingerprint density at radius 3 is 1.88 bits per heavy atom. The molecule has 4 unspecified atom stereocenters. The zero-order valence-corrected chi connectivity index (χ0v) is 21.4. The average molecular weight is 567 g/mol. The predicted molar refractivity (Wildman–Crippen MR) is 139 cm³/mol. The van der Waals surface area contributed by atoms with Crippen LogP contribution in [0, 0.1) is 0 Å². The SMILES string of the molecule is NC(=O)CC(N)C(=O)NC(Cc1ccc(O)cc1)C(=O)NC(CCCN=C(N)N)C(=O)NC(CC(=O)O)C(=O)O. The van der Waals surface area contributed by atoms with Crippen LogP contribution in [0.5, 0.6) is 5.75 Å². The van der Waals surface area contributed by atoms with E-state index in [9.17, 15) is 39.0 Å². The Balaban J connectivity index is 3.21. The maximum absolute atomic E-state index is 13.3. The van der Waals surface area contributed by atoms with Gasteiger partial charge in [0.05, 0.1) is 18.9 Å². The fourth-order valence-corrected chi connectivity index (χ4v) is 3.36. The zero-order valence-electron chi connectivity index (χ0n) is 21.4. The molecule has 0 aliphatic carbocycles. The number of primary amides is 1. The lowest BCUT2D eigenvalue weighted by molar-refractivity contribution is -0.147. The summed E-state index contributed by atoms with van der Waals surface area (Å²) in [4.78, 5) is 76.1. The van der Waals surface area contributed by atoms with Crippen LogP contribution in [0.15, 0.2) is 29.3 Å². The molecule has 0 aliphatic heterocycles. The van der Waals surface area contributed by atoms with Crippen molar-refractivity contribution in [3.05, 3.63) is 29.8 Å². The zero-order chi connectivity index (χ0) is 30.4. The van der Waals surface area contributed by atoms with Crippen LogP contribution in [0.1, 0.15) is 31.2 Å². The molecule has 4 amide bonds. The molecule has 0 radical (unpaired) electrons. The third kappa shape index (κ3) is 12.5. The number of carbonyl (C=O) groups excluding carboxylic acids is 4. The van der Waals surface area contributed by atoms with Crippen molar-refractivity contribution in [2.45, 2.75) is 56.3 Å². The molecular weight excluding hydrogens is 532 g/mol. The molecule has 1 aromatic carbocycles. The number of carbonyl (C=O) groups is 6. The van der Waals surface area contributed by atoms with Gasteiger partial charge in [0, 0.05) is 13.0 Å². The number of benzene rings is 1. The third-order valence-electron chi connectivity index (χ3n) is 5.34. The van der Waals surface area contributed by atoms with E-state index in [4.69, 9.17) is 28.0 Å². The second-order valence-corrected chi connectivity index (χ2v) is 8.72.